The first-order valence-corrected chi connectivity index (χ1v) is 7.56. The number of fused-ring (bicyclic) bond motifs is 2. The van der Waals surface area contributed by atoms with E-state index < -0.39 is 0 Å². The average Bonchev–Trinajstić information content (AvgIpc) is 3.12. The molecular weight excluding hydrogens is 296 g/mol. The number of phenols is 1. The Balaban J connectivity index is 1.75. The van der Waals surface area contributed by atoms with Gasteiger partial charge in [0.1, 0.15) is 11.9 Å². The fourth-order valence-electron chi connectivity index (χ4n) is 3.38. The fourth-order valence-corrected chi connectivity index (χ4v) is 3.38. The number of hydrogen-bond acceptors (Lipinski definition) is 5. The summed E-state index contributed by atoms with van der Waals surface area (Å²) in [5.74, 6) is 3.00. The molecule has 0 saturated carbocycles. The van der Waals surface area contributed by atoms with Crippen LogP contribution < -0.4 is 18.9 Å². The summed E-state index contributed by atoms with van der Waals surface area (Å²) in [7, 11) is 1.54. The van der Waals surface area contributed by atoms with Gasteiger partial charge in [-0.3, -0.25) is 0 Å². The molecule has 0 bridgehead atoms. The first-order valence-electron chi connectivity index (χ1n) is 7.56. The van der Waals surface area contributed by atoms with Crippen LogP contribution in [-0.2, 0) is 0 Å². The molecule has 4 rings (SSSR count). The Morgan fingerprint density at radius 2 is 1.96 bits per heavy atom. The van der Waals surface area contributed by atoms with Crippen molar-refractivity contribution >= 4 is 0 Å². The van der Waals surface area contributed by atoms with Crippen molar-refractivity contribution in [1.29, 1.82) is 0 Å². The van der Waals surface area contributed by atoms with Gasteiger partial charge < -0.3 is 24.1 Å². The SMILES string of the molecule is COc1c(O)cc2c(c1C)O[C@H](c1ccc3c(c1)OCO3)[C@H]2C. The first-order chi connectivity index (χ1) is 11.1. The Labute approximate surface area is 134 Å². The van der Waals surface area contributed by atoms with Crippen LogP contribution in [0.3, 0.4) is 0 Å². The van der Waals surface area contributed by atoms with Gasteiger partial charge in [-0.15, -0.1) is 0 Å². The van der Waals surface area contributed by atoms with Gasteiger partial charge in [-0.1, -0.05) is 13.0 Å². The zero-order chi connectivity index (χ0) is 16.1. The number of phenolic OH excluding ortho intramolecular Hbond substituents is 1. The molecule has 0 spiro atoms. The van der Waals surface area contributed by atoms with Crippen LogP contribution in [0.15, 0.2) is 24.3 Å². The van der Waals surface area contributed by atoms with Gasteiger partial charge >= 0.3 is 0 Å². The molecule has 5 heteroatoms. The summed E-state index contributed by atoms with van der Waals surface area (Å²) < 4.78 is 22.3. The van der Waals surface area contributed by atoms with Gasteiger partial charge in [0.05, 0.1) is 7.11 Å². The second-order valence-corrected chi connectivity index (χ2v) is 5.91. The third kappa shape index (κ3) is 2.00. The fraction of sp³-hybridized carbons (Fsp3) is 0.333. The Bertz CT molecular complexity index is 783. The van der Waals surface area contributed by atoms with Crippen molar-refractivity contribution in [1.82, 2.24) is 0 Å². The number of methoxy groups -OCH3 is 1. The van der Waals surface area contributed by atoms with Gasteiger partial charge in [0.2, 0.25) is 6.79 Å². The third-order valence-corrected chi connectivity index (χ3v) is 4.59. The maximum atomic E-state index is 10.1. The van der Waals surface area contributed by atoms with E-state index in [1.165, 1.54) is 0 Å². The van der Waals surface area contributed by atoms with E-state index in [-0.39, 0.29) is 24.6 Å². The van der Waals surface area contributed by atoms with Gasteiger partial charge in [0, 0.05) is 17.0 Å². The lowest BCUT2D eigenvalue weighted by atomic mass is 9.91. The normalized spacial score (nSPS) is 21.0. The van der Waals surface area contributed by atoms with Gasteiger partial charge in [0.15, 0.2) is 23.0 Å². The van der Waals surface area contributed by atoms with E-state index in [4.69, 9.17) is 18.9 Å². The van der Waals surface area contributed by atoms with Gasteiger partial charge in [-0.25, -0.2) is 0 Å². The van der Waals surface area contributed by atoms with E-state index in [1.807, 2.05) is 25.1 Å². The molecule has 5 nitrogen and oxygen atoms in total. The maximum Gasteiger partial charge on any atom is 0.231 e. The monoisotopic (exact) mass is 314 g/mol. The minimum atomic E-state index is -0.135. The molecule has 0 radical (unpaired) electrons. The smallest absolute Gasteiger partial charge is 0.231 e. The van der Waals surface area contributed by atoms with Gasteiger partial charge in [0.25, 0.3) is 0 Å². The highest BCUT2D eigenvalue weighted by Gasteiger charge is 2.36. The molecule has 0 unspecified atom stereocenters. The summed E-state index contributed by atoms with van der Waals surface area (Å²) in [6, 6.07) is 7.59. The highest BCUT2D eigenvalue weighted by molar-refractivity contribution is 5.60. The predicted octanol–water partition coefficient (Wildman–Crippen LogP) is 3.68. The summed E-state index contributed by atoms with van der Waals surface area (Å²) in [4.78, 5) is 0. The molecule has 1 N–H and O–H groups in total. The summed E-state index contributed by atoms with van der Waals surface area (Å²) in [5, 5.41) is 10.1. The molecule has 0 fully saturated rings. The van der Waals surface area contributed by atoms with Crippen LogP contribution in [-0.4, -0.2) is 19.0 Å². The molecule has 0 saturated heterocycles. The number of hydrogen-bond donors (Lipinski definition) is 1. The van der Waals surface area contributed by atoms with Crippen LogP contribution in [0, 0.1) is 6.92 Å². The van der Waals surface area contributed by atoms with E-state index in [1.54, 1.807) is 13.2 Å². The largest absolute Gasteiger partial charge is 0.504 e. The molecule has 120 valence electrons. The van der Waals surface area contributed by atoms with E-state index in [2.05, 4.69) is 6.92 Å². The molecule has 2 aliphatic rings. The lowest BCUT2D eigenvalue weighted by molar-refractivity contribution is 0.173. The molecule has 23 heavy (non-hydrogen) atoms. The minimum absolute atomic E-state index is 0.112. The molecule has 0 amide bonds. The molecule has 2 aromatic carbocycles. The van der Waals surface area contributed by atoms with E-state index >= 15 is 0 Å². The zero-order valence-electron chi connectivity index (χ0n) is 13.3. The summed E-state index contributed by atoms with van der Waals surface area (Å²) in [6.07, 6.45) is -0.135. The van der Waals surface area contributed by atoms with Crippen LogP contribution in [0.5, 0.6) is 28.7 Å². The Kier molecular flexibility index (Phi) is 3.04. The standard InChI is InChI=1S/C18H18O5/c1-9-12-7-13(19)18(20-3)10(2)17(12)23-16(9)11-4-5-14-15(6-11)22-8-21-14/h4-7,9,16,19H,8H2,1-3H3/t9-,16-/m0/s1. The predicted molar refractivity (Wildman–Crippen MR) is 83.7 cm³/mol. The van der Waals surface area contributed by atoms with Gasteiger partial charge in [-0.2, -0.15) is 0 Å². The molecule has 0 aliphatic carbocycles. The second kappa shape index (κ2) is 4.98. The Morgan fingerprint density at radius 1 is 1.17 bits per heavy atom. The van der Waals surface area contributed by atoms with Crippen molar-refractivity contribution in [3.05, 3.63) is 41.0 Å². The van der Waals surface area contributed by atoms with E-state index in [0.717, 1.165) is 33.9 Å². The number of aromatic hydroxyl groups is 1. The van der Waals surface area contributed by atoms with Crippen molar-refractivity contribution in [3.63, 3.8) is 0 Å². The summed E-state index contributed by atoms with van der Waals surface area (Å²) >= 11 is 0. The molecule has 0 aromatic heterocycles. The van der Waals surface area contributed by atoms with Crippen LogP contribution in [0.25, 0.3) is 0 Å². The van der Waals surface area contributed by atoms with Crippen molar-refractivity contribution in [2.75, 3.05) is 13.9 Å². The average molecular weight is 314 g/mol. The molecular formula is C18H18O5. The number of rotatable bonds is 2. The molecule has 2 heterocycles. The number of benzene rings is 2. The Morgan fingerprint density at radius 3 is 2.74 bits per heavy atom. The first kappa shape index (κ1) is 14.1. The van der Waals surface area contributed by atoms with Gasteiger partial charge in [-0.05, 0) is 30.7 Å². The van der Waals surface area contributed by atoms with Crippen LogP contribution in [0.1, 0.15) is 35.6 Å². The zero-order valence-corrected chi connectivity index (χ0v) is 13.3. The second-order valence-electron chi connectivity index (χ2n) is 5.91. The third-order valence-electron chi connectivity index (χ3n) is 4.59. The molecule has 2 atom stereocenters. The maximum absolute atomic E-state index is 10.1. The van der Waals surface area contributed by atoms with Crippen LogP contribution in [0.4, 0.5) is 0 Å². The molecule has 2 aromatic rings. The van der Waals surface area contributed by atoms with Crippen molar-refractivity contribution in [3.8, 4) is 28.7 Å². The lowest BCUT2D eigenvalue weighted by Crippen LogP contribution is -2.07. The topological polar surface area (TPSA) is 57.2 Å². The van der Waals surface area contributed by atoms with Crippen LogP contribution in [0.2, 0.25) is 0 Å². The summed E-state index contributed by atoms with van der Waals surface area (Å²) in [6.45, 7) is 4.24. The van der Waals surface area contributed by atoms with E-state index in [9.17, 15) is 5.11 Å². The van der Waals surface area contributed by atoms with Crippen molar-refractivity contribution < 1.29 is 24.1 Å². The number of ether oxygens (including phenoxy) is 4. The highest BCUT2D eigenvalue weighted by Crippen LogP contribution is 2.52. The summed E-state index contributed by atoms with van der Waals surface area (Å²) in [5.41, 5.74) is 2.83. The quantitative estimate of drug-likeness (QED) is 0.916. The lowest BCUT2D eigenvalue weighted by Gasteiger charge is -2.16. The van der Waals surface area contributed by atoms with Crippen LogP contribution >= 0.6 is 0 Å². The van der Waals surface area contributed by atoms with Crippen molar-refractivity contribution in [2.45, 2.75) is 25.9 Å². The highest BCUT2D eigenvalue weighted by atomic mass is 16.7. The molecule has 2 aliphatic heterocycles. The van der Waals surface area contributed by atoms with E-state index in [0.29, 0.717) is 5.75 Å². The minimum Gasteiger partial charge on any atom is -0.504 e. The Hall–Kier alpha value is -2.56. The van der Waals surface area contributed by atoms with Crippen molar-refractivity contribution in [2.24, 2.45) is 0 Å².